The molecule has 0 bridgehead atoms. The van der Waals surface area contributed by atoms with E-state index in [-0.39, 0.29) is 36.8 Å². The van der Waals surface area contributed by atoms with Crippen molar-refractivity contribution in [3.05, 3.63) is 42.0 Å². The summed E-state index contributed by atoms with van der Waals surface area (Å²) in [5, 5.41) is 7.19. The van der Waals surface area contributed by atoms with Gasteiger partial charge >= 0.3 is 24.6 Å². The van der Waals surface area contributed by atoms with Crippen molar-refractivity contribution in [1.29, 1.82) is 0 Å². The van der Waals surface area contributed by atoms with Gasteiger partial charge in [0.05, 0.1) is 58.9 Å². The van der Waals surface area contributed by atoms with Crippen molar-refractivity contribution in [3.8, 4) is 0 Å². The Morgan fingerprint density at radius 1 is 1.16 bits per heavy atom. The fourth-order valence-corrected chi connectivity index (χ4v) is 5.66. The number of nitrogens with zero attached hydrogens (tertiary/aromatic N) is 5. The van der Waals surface area contributed by atoms with Gasteiger partial charge in [-0.25, -0.2) is 9.67 Å². The number of ether oxygens (including phenoxy) is 2. The molecule has 3 heterocycles. The summed E-state index contributed by atoms with van der Waals surface area (Å²) in [6.07, 6.45) is -1.58. The zero-order valence-corrected chi connectivity index (χ0v) is 25.4. The Balaban J connectivity index is 1.59. The van der Waals surface area contributed by atoms with Gasteiger partial charge in [-0.05, 0) is 37.4 Å². The molecule has 1 saturated carbocycles. The second-order valence-electron chi connectivity index (χ2n) is 11.7. The molecule has 44 heavy (non-hydrogen) atoms. The SMILES string of the molecule is C[Si](C)(C)CCOCn1ncc2c(N)ncc(NC(=O)C(=O)N(Cc3ccc(C(F)(F)F)cn3)[C@@H]3CCC[C@H]3OC(F)F)c21. The minimum Gasteiger partial charge on any atom is -0.383 e. The third-order valence-corrected chi connectivity index (χ3v) is 8.90. The highest BCUT2D eigenvalue weighted by Gasteiger charge is 2.39. The van der Waals surface area contributed by atoms with Gasteiger partial charge in [-0.3, -0.25) is 14.6 Å². The first kappa shape index (κ1) is 33.2. The van der Waals surface area contributed by atoms with E-state index in [4.69, 9.17) is 15.2 Å². The fraction of sp³-hybridized carbons (Fsp3) is 0.519. The maximum absolute atomic E-state index is 13.6. The molecule has 2 amide bonds. The summed E-state index contributed by atoms with van der Waals surface area (Å²) in [7, 11) is -1.35. The van der Waals surface area contributed by atoms with Crippen molar-refractivity contribution < 1.29 is 41.0 Å². The first-order valence-electron chi connectivity index (χ1n) is 13.9. The summed E-state index contributed by atoms with van der Waals surface area (Å²) >= 11 is 0. The third kappa shape index (κ3) is 8.26. The summed E-state index contributed by atoms with van der Waals surface area (Å²) < 4.78 is 77.4. The smallest absolute Gasteiger partial charge is 0.383 e. The quantitative estimate of drug-likeness (QED) is 0.131. The van der Waals surface area contributed by atoms with E-state index in [9.17, 15) is 31.5 Å². The van der Waals surface area contributed by atoms with Crippen molar-refractivity contribution in [2.24, 2.45) is 0 Å². The fourth-order valence-electron chi connectivity index (χ4n) is 4.90. The summed E-state index contributed by atoms with van der Waals surface area (Å²) in [6, 6.07) is 1.81. The molecule has 240 valence electrons. The molecular formula is C27H34F5N7O4Si. The standard InChI is InChI=1S/C27H34F5N7O4Si/c1-44(2,3)10-9-42-15-39-22-18(12-36-39)23(33)35-13-19(22)37-24(40)25(41)38(20-5-4-6-21(20)43-26(28)29)14-17-8-7-16(11-34-17)27(30,31)32/h7-8,11-13,20-21,26H,4-6,9-10,14-15H2,1-3H3,(H2,33,35)(H,37,40)/t20-,21-/m1/s1. The van der Waals surface area contributed by atoms with Crippen LogP contribution in [-0.4, -0.2) is 69.9 Å². The van der Waals surface area contributed by atoms with E-state index >= 15 is 0 Å². The van der Waals surface area contributed by atoms with E-state index in [1.807, 2.05) is 0 Å². The van der Waals surface area contributed by atoms with Crippen molar-refractivity contribution in [2.45, 2.75) is 83.2 Å². The molecule has 1 aliphatic carbocycles. The number of pyridine rings is 2. The Bertz CT molecular complexity index is 1460. The Hall–Kier alpha value is -3.70. The molecule has 0 aliphatic heterocycles. The minimum atomic E-state index is -4.63. The number of nitrogens with one attached hydrogen (secondary N) is 1. The minimum absolute atomic E-state index is 0.0203. The summed E-state index contributed by atoms with van der Waals surface area (Å²) in [5.41, 5.74) is 5.47. The number of rotatable bonds is 11. The molecule has 0 radical (unpaired) electrons. The van der Waals surface area contributed by atoms with Crippen LogP contribution in [0.2, 0.25) is 25.7 Å². The van der Waals surface area contributed by atoms with Crippen LogP contribution in [0, 0.1) is 0 Å². The highest BCUT2D eigenvalue weighted by molar-refractivity contribution is 6.76. The van der Waals surface area contributed by atoms with E-state index in [1.54, 1.807) is 0 Å². The number of carbonyl (C=O) groups excluding carboxylic acids is 2. The molecule has 0 spiro atoms. The zero-order valence-electron chi connectivity index (χ0n) is 24.4. The largest absolute Gasteiger partial charge is 0.417 e. The predicted molar refractivity (Wildman–Crippen MR) is 153 cm³/mol. The molecule has 4 rings (SSSR count). The van der Waals surface area contributed by atoms with Gasteiger partial charge in [-0.15, -0.1) is 0 Å². The maximum atomic E-state index is 13.6. The van der Waals surface area contributed by atoms with Crippen molar-refractivity contribution >= 4 is 42.3 Å². The Labute approximate surface area is 250 Å². The molecule has 3 aromatic heterocycles. The highest BCUT2D eigenvalue weighted by Crippen LogP contribution is 2.32. The van der Waals surface area contributed by atoms with Crippen LogP contribution < -0.4 is 11.1 Å². The number of carbonyl (C=O) groups is 2. The monoisotopic (exact) mass is 643 g/mol. The molecular weight excluding hydrogens is 609 g/mol. The van der Waals surface area contributed by atoms with Crippen LogP contribution in [-0.2, 0) is 38.5 Å². The summed E-state index contributed by atoms with van der Waals surface area (Å²) in [5.74, 6) is -2.13. The maximum Gasteiger partial charge on any atom is 0.417 e. The van der Waals surface area contributed by atoms with Crippen LogP contribution in [0.25, 0.3) is 10.9 Å². The van der Waals surface area contributed by atoms with Crippen LogP contribution in [0.15, 0.2) is 30.7 Å². The third-order valence-electron chi connectivity index (χ3n) is 7.20. The number of nitrogens with two attached hydrogens (primary N) is 1. The van der Waals surface area contributed by atoms with E-state index in [2.05, 4.69) is 40.0 Å². The number of amides is 2. The molecule has 1 fully saturated rings. The van der Waals surface area contributed by atoms with E-state index in [0.29, 0.717) is 30.1 Å². The van der Waals surface area contributed by atoms with Crippen molar-refractivity contribution in [1.82, 2.24) is 24.6 Å². The number of hydrogen-bond acceptors (Lipinski definition) is 8. The Kier molecular flexibility index (Phi) is 10.2. The number of hydrogen-bond donors (Lipinski definition) is 2. The predicted octanol–water partition coefficient (Wildman–Crippen LogP) is 4.87. The van der Waals surface area contributed by atoms with Crippen LogP contribution in [0.4, 0.5) is 33.5 Å². The van der Waals surface area contributed by atoms with Crippen LogP contribution in [0.5, 0.6) is 0 Å². The van der Waals surface area contributed by atoms with Crippen molar-refractivity contribution in [2.75, 3.05) is 17.7 Å². The second kappa shape index (κ2) is 13.5. The average Bonchev–Trinajstić information content (AvgIpc) is 3.57. The zero-order chi connectivity index (χ0) is 32.2. The second-order valence-corrected chi connectivity index (χ2v) is 17.3. The Morgan fingerprint density at radius 3 is 2.55 bits per heavy atom. The van der Waals surface area contributed by atoms with Crippen LogP contribution in [0.3, 0.4) is 0 Å². The van der Waals surface area contributed by atoms with Crippen LogP contribution >= 0.6 is 0 Å². The number of anilines is 2. The van der Waals surface area contributed by atoms with Gasteiger partial charge in [0.15, 0.2) is 0 Å². The molecule has 11 nitrogen and oxygen atoms in total. The van der Waals surface area contributed by atoms with Gasteiger partial charge in [0.2, 0.25) is 0 Å². The van der Waals surface area contributed by atoms with Crippen LogP contribution in [0.1, 0.15) is 30.5 Å². The number of aromatic nitrogens is 4. The Morgan fingerprint density at radius 2 is 1.91 bits per heavy atom. The van der Waals surface area contributed by atoms with Gasteiger partial charge in [0, 0.05) is 20.9 Å². The van der Waals surface area contributed by atoms with E-state index < -0.39 is 56.9 Å². The molecule has 3 N–H and O–H groups in total. The molecule has 3 aromatic rings. The highest BCUT2D eigenvalue weighted by atomic mass is 28.3. The molecule has 0 aromatic carbocycles. The topological polar surface area (TPSA) is 137 Å². The van der Waals surface area contributed by atoms with Gasteiger partial charge in [-0.2, -0.15) is 27.1 Å². The summed E-state index contributed by atoms with van der Waals surface area (Å²) in [4.78, 5) is 35.8. The lowest BCUT2D eigenvalue weighted by Gasteiger charge is -2.32. The van der Waals surface area contributed by atoms with E-state index in [1.165, 1.54) is 17.1 Å². The lowest BCUT2D eigenvalue weighted by molar-refractivity contribution is -0.178. The lowest BCUT2D eigenvalue weighted by atomic mass is 10.1. The number of halogens is 5. The van der Waals surface area contributed by atoms with Crippen molar-refractivity contribution in [3.63, 3.8) is 0 Å². The first-order chi connectivity index (χ1) is 20.6. The molecule has 2 atom stereocenters. The molecule has 17 heteroatoms. The van der Waals surface area contributed by atoms with Gasteiger partial charge in [0.25, 0.3) is 0 Å². The van der Waals surface area contributed by atoms with Gasteiger partial charge in [0.1, 0.15) is 12.5 Å². The lowest BCUT2D eigenvalue weighted by Crippen LogP contribution is -2.49. The molecule has 0 saturated heterocycles. The first-order valence-corrected chi connectivity index (χ1v) is 17.6. The molecule has 0 unspecified atom stereocenters. The van der Waals surface area contributed by atoms with Gasteiger partial charge in [-0.1, -0.05) is 19.6 Å². The normalized spacial score (nSPS) is 17.4. The summed E-state index contributed by atoms with van der Waals surface area (Å²) in [6.45, 7) is 3.61. The number of nitrogen functional groups attached to an aromatic ring is 1. The number of fused-ring (bicyclic) bond motifs is 1. The van der Waals surface area contributed by atoms with E-state index in [0.717, 1.165) is 23.1 Å². The number of alkyl halides is 5. The van der Waals surface area contributed by atoms with Gasteiger partial charge < -0.3 is 25.4 Å². The average molecular weight is 644 g/mol. The molecule has 1 aliphatic rings.